The molecule has 1 aromatic rings. The number of ether oxygens (including phenoxy) is 2. The van der Waals surface area contributed by atoms with Crippen molar-refractivity contribution in [3.63, 3.8) is 0 Å². The average Bonchev–Trinajstić information content (AvgIpc) is 3.01. The fourth-order valence-corrected chi connectivity index (χ4v) is 1.27. The fraction of sp³-hybridized carbons (Fsp3) is 0.455. The quantitative estimate of drug-likeness (QED) is 0.708. The van der Waals surface area contributed by atoms with Gasteiger partial charge in [-0.05, 0) is 31.4 Å². The van der Waals surface area contributed by atoms with Crippen LogP contribution in [-0.2, 0) is 4.79 Å². The van der Waals surface area contributed by atoms with Gasteiger partial charge in [0.1, 0.15) is 0 Å². The molecule has 1 heterocycles. The van der Waals surface area contributed by atoms with Crippen molar-refractivity contribution in [3.05, 3.63) is 17.8 Å². The highest BCUT2D eigenvalue weighted by Crippen LogP contribution is 2.33. The lowest BCUT2D eigenvalue weighted by Crippen LogP contribution is -2.11. The van der Waals surface area contributed by atoms with E-state index in [0.717, 1.165) is 18.4 Å². The van der Waals surface area contributed by atoms with Crippen molar-refractivity contribution in [2.24, 2.45) is 5.92 Å². The topological polar surface area (TPSA) is 48.4 Å². The maximum atomic E-state index is 11.4. The Balaban J connectivity index is 2.17. The number of aryl methyl sites for hydroxylation is 1. The Kier molecular flexibility index (Phi) is 2.58. The SMILES string of the molecule is COc1ncc(C)cc1OC(=O)C1CC1. The van der Waals surface area contributed by atoms with Crippen LogP contribution in [0.4, 0.5) is 0 Å². The van der Waals surface area contributed by atoms with Crippen molar-refractivity contribution in [2.75, 3.05) is 7.11 Å². The van der Waals surface area contributed by atoms with Gasteiger partial charge in [0.15, 0.2) is 5.75 Å². The molecule has 4 nitrogen and oxygen atoms in total. The van der Waals surface area contributed by atoms with Gasteiger partial charge < -0.3 is 9.47 Å². The fourth-order valence-electron chi connectivity index (χ4n) is 1.27. The van der Waals surface area contributed by atoms with Gasteiger partial charge in [-0.3, -0.25) is 4.79 Å². The Labute approximate surface area is 88.2 Å². The molecule has 1 aliphatic carbocycles. The first kappa shape index (κ1) is 9.96. The Morgan fingerprint density at radius 2 is 2.27 bits per heavy atom. The van der Waals surface area contributed by atoms with Crippen LogP contribution in [0.5, 0.6) is 11.6 Å². The van der Waals surface area contributed by atoms with Gasteiger partial charge in [-0.25, -0.2) is 4.98 Å². The summed E-state index contributed by atoms with van der Waals surface area (Å²) in [6.45, 7) is 1.89. The van der Waals surface area contributed by atoms with E-state index in [2.05, 4.69) is 4.98 Å². The van der Waals surface area contributed by atoms with Gasteiger partial charge in [-0.2, -0.15) is 0 Å². The van der Waals surface area contributed by atoms with E-state index in [1.807, 2.05) is 6.92 Å². The predicted molar refractivity (Wildman–Crippen MR) is 53.9 cm³/mol. The molecule has 0 aliphatic heterocycles. The maximum Gasteiger partial charge on any atom is 0.314 e. The van der Waals surface area contributed by atoms with Crippen molar-refractivity contribution < 1.29 is 14.3 Å². The number of nitrogens with zero attached hydrogens (tertiary/aromatic N) is 1. The molecule has 1 aromatic heterocycles. The third kappa shape index (κ3) is 2.26. The Bertz CT molecular complexity index is 385. The molecular weight excluding hydrogens is 194 g/mol. The summed E-state index contributed by atoms with van der Waals surface area (Å²) in [5.74, 6) is 0.667. The molecule has 0 saturated heterocycles. The van der Waals surface area contributed by atoms with Crippen LogP contribution in [0.2, 0.25) is 0 Å². The summed E-state index contributed by atoms with van der Waals surface area (Å²) in [7, 11) is 1.51. The number of hydrogen-bond acceptors (Lipinski definition) is 4. The molecule has 0 N–H and O–H groups in total. The van der Waals surface area contributed by atoms with Crippen LogP contribution in [0.1, 0.15) is 18.4 Å². The number of methoxy groups -OCH3 is 1. The number of hydrogen-bond donors (Lipinski definition) is 0. The lowest BCUT2D eigenvalue weighted by atomic mass is 10.3. The summed E-state index contributed by atoms with van der Waals surface area (Å²) >= 11 is 0. The van der Waals surface area contributed by atoms with Crippen molar-refractivity contribution in [1.82, 2.24) is 4.98 Å². The molecule has 1 aliphatic rings. The predicted octanol–water partition coefficient (Wildman–Crippen LogP) is 1.71. The second kappa shape index (κ2) is 3.88. The third-order valence-electron chi connectivity index (χ3n) is 2.27. The molecule has 0 amide bonds. The average molecular weight is 207 g/mol. The van der Waals surface area contributed by atoms with Crippen LogP contribution in [0.3, 0.4) is 0 Å². The number of esters is 1. The number of carbonyl (C=O) groups excluding carboxylic acids is 1. The standard InChI is InChI=1S/C11H13NO3/c1-7-5-9(10(14-2)12-6-7)15-11(13)8-3-4-8/h5-6,8H,3-4H2,1-2H3. The van der Waals surface area contributed by atoms with E-state index >= 15 is 0 Å². The van der Waals surface area contributed by atoms with Crippen LogP contribution >= 0.6 is 0 Å². The highest BCUT2D eigenvalue weighted by atomic mass is 16.6. The van der Waals surface area contributed by atoms with Gasteiger partial charge in [0.25, 0.3) is 5.88 Å². The van der Waals surface area contributed by atoms with Crippen LogP contribution < -0.4 is 9.47 Å². The molecular formula is C11H13NO3. The molecule has 0 radical (unpaired) electrons. The first-order valence-electron chi connectivity index (χ1n) is 4.93. The van der Waals surface area contributed by atoms with E-state index in [9.17, 15) is 4.79 Å². The van der Waals surface area contributed by atoms with Gasteiger partial charge in [0.2, 0.25) is 0 Å². The summed E-state index contributed by atoms with van der Waals surface area (Å²) in [4.78, 5) is 15.5. The molecule has 0 atom stereocenters. The summed E-state index contributed by atoms with van der Waals surface area (Å²) in [5, 5.41) is 0. The zero-order valence-corrected chi connectivity index (χ0v) is 8.82. The van der Waals surface area contributed by atoms with Gasteiger partial charge in [0, 0.05) is 6.20 Å². The monoisotopic (exact) mass is 207 g/mol. The van der Waals surface area contributed by atoms with Crippen molar-refractivity contribution >= 4 is 5.97 Å². The molecule has 0 spiro atoms. The molecule has 0 bridgehead atoms. The Morgan fingerprint density at radius 3 is 2.87 bits per heavy atom. The van der Waals surface area contributed by atoms with E-state index in [-0.39, 0.29) is 11.9 Å². The molecule has 80 valence electrons. The summed E-state index contributed by atoms with van der Waals surface area (Å²) < 4.78 is 10.2. The van der Waals surface area contributed by atoms with Gasteiger partial charge in [0.05, 0.1) is 13.0 Å². The van der Waals surface area contributed by atoms with Gasteiger partial charge in [-0.1, -0.05) is 0 Å². The molecule has 1 fully saturated rings. The number of pyridine rings is 1. The van der Waals surface area contributed by atoms with E-state index < -0.39 is 0 Å². The van der Waals surface area contributed by atoms with Crippen LogP contribution in [-0.4, -0.2) is 18.1 Å². The Hall–Kier alpha value is -1.58. The minimum absolute atomic E-state index is 0.0789. The van der Waals surface area contributed by atoms with E-state index in [0.29, 0.717) is 11.6 Å². The molecule has 1 saturated carbocycles. The van der Waals surface area contributed by atoms with E-state index in [1.165, 1.54) is 7.11 Å². The molecule has 0 aromatic carbocycles. The van der Waals surface area contributed by atoms with Crippen molar-refractivity contribution in [1.29, 1.82) is 0 Å². The lowest BCUT2D eigenvalue weighted by Gasteiger charge is -2.08. The second-order valence-electron chi connectivity index (χ2n) is 3.72. The smallest absolute Gasteiger partial charge is 0.314 e. The summed E-state index contributed by atoms with van der Waals surface area (Å²) in [6, 6.07) is 1.76. The zero-order valence-electron chi connectivity index (χ0n) is 8.82. The van der Waals surface area contributed by atoms with Crippen LogP contribution in [0.15, 0.2) is 12.3 Å². The van der Waals surface area contributed by atoms with Crippen LogP contribution in [0, 0.1) is 12.8 Å². The minimum Gasteiger partial charge on any atom is -0.478 e. The number of aromatic nitrogens is 1. The highest BCUT2D eigenvalue weighted by Gasteiger charge is 2.32. The number of carbonyl (C=O) groups is 1. The normalized spacial score (nSPS) is 14.8. The lowest BCUT2D eigenvalue weighted by molar-refractivity contribution is -0.135. The van der Waals surface area contributed by atoms with Gasteiger partial charge >= 0.3 is 5.97 Å². The van der Waals surface area contributed by atoms with E-state index in [1.54, 1.807) is 12.3 Å². The molecule has 0 unspecified atom stereocenters. The third-order valence-corrected chi connectivity index (χ3v) is 2.27. The van der Waals surface area contributed by atoms with Crippen molar-refractivity contribution in [3.8, 4) is 11.6 Å². The molecule has 15 heavy (non-hydrogen) atoms. The largest absolute Gasteiger partial charge is 0.478 e. The Morgan fingerprint density at radius 1 is 1.53 bits per heavy atom. The first-order chi connectivity index (χ1) is 7.20. The second-order valence-corrected chi connectivity index (χ2v) is 3.72. The zero-order chi connectivity index (χ0) is 10.8. The van der Waals surface area contributed by atoms with Gasteiger partial charge in [-0.15, -0.1) is 0 Å². The molecule has 4 heteroatoms. The first-order valence-corrected chi connectivity index (χ1v) is 4.93. The van der Waals surface area contributed by atoms with Crippen molar-refractivity contribution in [2.45, 2.75) is 19.8 Å². The minimum atomic E-state index is -0.180. The van der Waals surface area contributed by atoms with Crippen LogP contribution in [0.25, 0.3) is 0 Å². The summed E-state index contributed by atoms with van der Waals surface area (Å²) in [5.41, 5.74) is 0.939. The number of rotatable bonds is 3. The highest BCUT2D eigenvalue weighted by molar-refractivity contribution is 5.77. The maximum absolute atomic E-state index is 11.4. The van der Waals surface area contributed by atoms with E-state index in [4.69, 9.17) is 9.47 Å². The summed E-state index contributed by atoms with van der Waals surface area (Å²) in [6.07, 6.45) is 3.54. The molecule has 2 rings (SSSR count).